The van der Waals surface area contributed by atoms with Gasteiger partial charge in [0.05, 0.1) is 5.02 Å². The van der Waals surface area contributed by atoms with E-state index in [0.29, 0.717) is 12.0 Å². The lowest BCUT2D eigenvalue weighted by molar-refractivity contribution is 0.266. The fourth-order valence-electron chi connectivity index (χ4n) is 2.86. The Labute approximate surface area is 127 Å². The summed E-state index contributed by atoms with van der Waals surface area (Å²) >= 11 is 6.42. The predicted octanol–water partition coefficient (Wildman–Crippen LogP) is 2.23. The van der Waals surface area contributed by atoms with Crippen LogP contribution >= 0.6 is 11.6 Å². The second kappa shape index (κ2) is 6.74. The summed E-state index contributed by atoms with van der Waals surface area (Å²) in [5, 5.41) is 4.05. The van der Waals surface area contributed by atoms with Gasteiger partial charge < -0.3 is 15.1 Å². The van der Waals surface area contributed by atoms with Gasteiger partial charge in [0, 0.05) is 31.9 Å². The lowest BCUT2D eigenvalue weighted by Crippen LogP contribution is -2.34. The minimum Gasteiger partial charge on any atom is -0.353 e. The Bertz CT molecular complexity index is 449. The molecular weight excluding hydrogens is 272 g/mol. The van der Waals surface area contributed by atoms with Crippen molar-refractivity contribution in [3.05, 3.63) is 22.8 Å². The molecule has 2 atom stereocenters. The van der Waals surface area contributed by atoms with E-state index < -0.39 is 0 Å². The standard InChI is InChI=1S/C15H25ClN4/c1-5-17-7-12-6-13(16)15(18-8-12)20-9-11(2)14(10-20)19(3)4/h6,8,11,14,17H,5,7,9-10H2,1-4H3. The first-order valence-corrected chi connectivity index (χ1v) is 7.67. The van der Waals surface area contributed by atoms with Crippen LogP contribution in [0.3, 0.4) is 0 Å². The van der Waals surface area contributed by atoms with E-state index >= 15 is 0 Å². The van der Waals surface area contributed by atoms with Gasteiger partial charge in [-0.1, -0.05) is 25.4 Å². The minimum atomic E-state index is 0.564. The van der Waals surface area contributed by atoms with Crippen molar-refractivity contribution in [2.75, 3.05) is 38.6 Å². The van der Waals surface area contributed by atoms with Crippen molar-refractivity contribution >= 4 is 17.4 Å². The molecule has 20 heavy (non-hydrogen) atoms. The van der Waals surface area contributed by atoms with E-state index in [1.807, 2.05) is 12.3 Å². The van der Waals surface area contributed by atoms with Gasteiger partial charge in [-0.3, -0.25) is 0 Å². The molecule has 0 aromatic carbocycles. The third kappa shape index (κ3) is 3.43. The van der Waals surface area contributed by atoms with Gasteiger partial charge >= 0.3 is 0 Å². The van der Waals surface area contributed by atoms with Gasteiger partial charge in [0.15, 0.2) is 0 Å². The summed E-state index contributed by atoms with van der Waals surface area (Å²) in [5.74, 6) is 1.55. The highest BCUT2D eigenvalue weighted by Gasteiger charge is 2.32. The number of anilines is 1. The number of halogens is 1. The van der Waals surface area contributed by atoms with E-state index in [1.165, 1.54) is 0 Å². The molecule has 4 nitrogen and oxygen atoms in total. The van der Waals surface area contributed by atoms with Crippen LogP contribution in [-0.2, 0) is 6.54 Å². The Morgan fingerprint density at radius 1 is 1.45 bits per heavy atom. The molecule has 1 aliphatic heterocycles. The molecule has 0 amide bonds. The van der Waals surface area contributed by atoms with Crippen molar-refractivity contribution in [1.29, 1.82) is 0 Å². The number of nitrogens with one attached hydrogen (secondary N) is 1. The molecule has 0 saturated carbocycles. The fraction of sp³-hybridized carbons (Fsp3) is 0.667. The second-order valence-electron chi connectivity index (χ2n) is 5.84. The first-order valence-electron chi connectivity index (χ1n) is 7.29. The molecule has 0 aliphatic carbocycles. The minimum absolute atomic E-state index is 0.564. The summed E-state index contributed by atoms with van der Waals surface area (Å²) in [4.78, 5) is 9.17. The zero-order chi connectivity index (χ0) is 14.7. The third-order valence-electron chi connectivity index (χ3n) is 3.99. The van der Waals surface area contributed by atoms with E-state index in [0.717, 1.165) is 42.6 Å². The van der Waals surface area contributed by atoms with Crippen molar-refractivity contribution in [2.24, 2.45) is 5.92 Å². The van der Waals surface area contributed by atoms with Crippen molar-refractivity contribution in [3.8, 4) is 0 Å². The van der Waals surface area contributed by atoms with Gasteiger partial charge in [0.2, 0.25) is 0 Å². The van der Waals surface area contributed by atoms with Gasteiger partial charge in [0.1, 0.15) is 5.82 Å². The average molecular weight is 297 g/mol. The van der Waals surface area contributed by atoms with Crippen LogP contribution in [0, 0.1) is 5.92 Å². The van der Waals surface area contributed by atoms with Gasteiger partial charge in [-0.2, -0.15) is 0 Å². The van der Waals surface area contributed by atoms with Gasteiger partial charge in [0.25, 0.3) is 0 Å². The summed E-state index contributed by atoms with van der Waals surface area (Å²) in [6.07, 6.45) is 1.93. The van der Waals surface area contributed by atoms with Gasteiger partial charge in [-0.05, 0) is 38.2 Å². The first-order chi connectivity index (χ1) is 9.52. The molecular formula is C15H25ClN4. The molecule has 1 saturated heterocycles. The van der Waals surface area contributed by atoms with E-state index in [1.54, 1.807) is 0 Å². The Hall–Kier alpha value is -0.840. The molecule has 1 aromatic rings. The highest BCUT2D eigenvalue weighted by molar-refractivity contribution is 6.33. The Morgan fingerprint density at radius 3 is 2.75 bits per heavy atom. The highest BCUT2D eigenvalue weighted by Crippen LogP contribution is 2.30. The molecule has 0 spiro atoms. The number of hydrogen-bond donors (Lipinski definition) is 1. The molecule has 2 unspecified atom stereocenters. The van der Waals surface area contributed by atoms with Crippen molar-refractivity contribution < 1.29 is 0 Å². The van der Waals surface area contributed by atoms with Crippen LogP contribution < -0.4 is 10.2 Å². The Balaban J connectivity index is 2.10. The fourth-order valence-corrected chi connectivity index (χ4v) is 3.17. The van der Waals surface area contributed by atoms with Gasteiger partial charge in [-0.15, -0.1) is 0 Å². The molecule has 2 heterocycles. The molecule has 0 bridgehead atoms. The summed E-state index contributed by atoms with van der Waals surface area (Å²) in [6.45, 7) is 8.16. The van der Waals surface area contributed by atoms with Crippen molar-refractivity contribution in [1.82, 2.24) is 15.2 Å². The topological polar surface area (TPSA) is 31.4 Å². The molecule has 0 radical (unpaired) electrons. The summed E-state index contributed by atoms with van der Waals surface area (Å²) in [5.41, 5.74) is 1.14. The largest absolute Gasteiger partial charge is 0.353 e. The van der Waals surface area contributed by atoms with E-state index in [9.17, 15) is 0 Å². The molecule has 2 rings (SSSR count). The number of hydrogen-bond acceptors (Lipinski definition) is 4. The van der Waals surface area contributed by atoms with Crippen LogP contribution in [0.15, 0.2) is 12.3 Å². The van der Waals surface area contributed by atoms with E-state index in [2.05, 4.69) is 48.0 Å². The lowest BCUT2D eigenvalue weighted by atomic mass is 10.1. The third-order valence-corrected chi connectivity index (χ3v) is 4.27. The highest BCUT2D eigenvalue weighted by atomic mass is 35.5. The van der Waals surface area contributed by atoms with Crippen LogP contribution in [0.1, 0.15) is 19.4 Å². The molecule has 1 fully saturated rings. The lowest BCUT2D eigenvalue weighted by Gasteiger charge is -2.23. The average Bonchev–Trinajstić information content (AvgIpc) is 2.78. The predicted molar refractivity (Wildman–Crippen MR) is 85.5 cm³/mol. The normalized spacial score (nSPS) is 22.8. The summed E-state index contributed by atoms with van der Waals surface area (Å²) in [7, 11) is 4.28. The molecule has 112 valence electrons. The maximum atomic E-state index is 6.42. The monoisotopic (exact) mass is 296 g/mol. The number of nitrogens with zero attached hydrogens (tertiary/aromatic N) is 3. The quantitative estimate of drug-likeness (QED) is 0.903. The second-order valence-corrected chi connectivity index (χ2v) is 6.25. The first kappa shape index (κ1) is 15.5. The van der Waals surface area contributed by atoms with Crippen LogP contribution in [0.5, 0.6) is 0 Å². The Kier molecular flexibility index (Phi) is 5.24. The zero-order valence-corrected chi connectivity index (χ0v) is 13.6. The van der Waals surface area contributed by atoms with Crippen molar-refractivity contribution in [2.45, 2.75) is 26.4 Å². The maximum Gasteiger partial charge on any atom is 0.147 e. The smallest absolute Gasteiger partial charge is 0.147 e. The Morgan fingerprint density at radius 2 is 2.20 bits per heavy atom. The SMILES string of the molecule is CCNCc1cnc(N2CC(C)C(N(C)C)C2)c(Cl)c1. The number of likely N-dealkylation sites (N-methyl/N-ethyl adjacent to an activating group) is 1. The van der Waals surface area contributed by atoms with Gasteiger partial charge in [-0.25, -0.2) is 4.98 Å². The zero-order valence-electron chi connectivity index (χ0n) is 12.9. The molecule has 1 aromatic heterocycles. The van der Waals surface area contributed by atoms with Crippen LogP contribution in [0.25, 0.3) is 0 Å². The molecule has 5 heteroatoms. The van der Waals surface area contributed by atoms with E-state index in [4.69, 9.17) is 11.6 Å². The van der Waals surface area contributed by atoms with E-state index in [-0.39, 0.29) is 0 Å². The number of rotatable bonds is 5. The summed E-state index contributed by atoms with van der Waals surface area (Å²) < 4.78 is 0. The number of aromatic nitrogens is 1. The number of pyridine rings is 1. The summed E-state index contributed by atoms with van der Waals surface area (Å²) in [6, 6.07) is 2.59. The molecule has 1 aliphatic rings. The van der Waals surface area contributed by atoms with Crippen LogP contribution in [0.4, 0.5) is 5.82 Å². The van der Waals surface area contributed by atoms with Crippen LogP contribution in [-0.4, -0.2) is 49.7 Å². The van der Waals surface area contributed by atoms with Crippen molar-refractivity contribution in [3.63, 3.8) is 0 Å². The maximum absolute atomic E-state index is 6.42. The molecule has 1 N–H and O–H groups in total. The van der Waals surface area contributed by atoms with Crippen LogP contribution in [0.2, 0.25) is 5.02 Å².